The summed E-state index contributed by atoms with van der Waals surface area (Å²) in [5.41, 5.74) is 2.81. The van der Waals surface area contributed by atoms with Gasteiger partial charge in [0.15, 0.2) is 16.9 Å². The van der Waals surface area contributed by atoms with E-state index in [1.807, 2.05) is 55.5 Å². The molecule has 190 valence electrons. The fourth-order valence-electron chi connectivity index (χ4n) is 4.73. The van der Waals surface area contributed by atoms with Crippen molar-refractivity contribution in [3.05, 3.63) is 104 Å². The monoisotopic (exact) mass is 517 g/mol. The van der Waals surface area contributed by atoms with E-state index in [0.717, 1.165) is 29.5 Å². The number of amides is 1. The summed E-state index contributed by atoms with van der Waals surface area (Å²) in [6.07, 6.45) is 1.94. The van der Waals surface area contributed by atoms with Gasteiger partial charge in [-0.25, -0.2) is 0 Å². The first kappa shape index (κ1) is 24.9. The number of carbonyl (C=O) groups is 1. The van der Waals surface area contributed by atoms with Crippen molar-refractivity contribution < 1.29 is 18.7 Å². The smallest absolute Gasteiger partial charge is 0.291 e. The van der Waals surface area contributed by atoms with Crippen molar-refractivity contribution in [3.63, 3.8) is 0 Å². The van der Waals surface area contributed by atoms with E-state index < -0.39 is 6.04 Å². The van der Waals surface area contributed by atoms with Crippen LogP contribution in [0.2, 0.25) is 5.02 Å². The van der Waals surface area contributed by atoms with Crippen LogP contribution in [0.25, 0.3) is 11.0 Å². The maximum absolute atomic E-state index is 13.9. The van der Waals surface area contributed by atoms with Crippen LogP contribution in [0.1, 0.15) is 58.6 Å². The quantitative estimate of drug-likeness (QED) is 0.244. The lowest BCUT2D eigenvalue weighted by atomic mass is 9.97. The number of rotatable bonds is 8. The number of benzene rings is 3. The van der Waals surface area contributed by atoms with Crippen LogP contribution in [0.4, 0.5) is 0 Å². The SMILES string of the molecule is CCCCOc1ccc(C2c3c(oc4cc(C)c(Cl)cc4c3=O)C(=O)N2Cc2ccccc2)cc1OC. The number of carbonyl (C=O) groups excluding carboxylic acids is 1. The summed E-state index contributed by atoms with van der Waals surface area (Å²) in [6.45, 7) is 4.81. The zero-order chi connectivity index (χ0) is 26.1. The molecule has 0 radical (unpaired) electrons. The van der Waals surface area contributed by atoms with E-state index in [0.29, 0.717) is 46.2 Å². The number of halogens is 1. The van der Waals surface area contributed by atoms with Gasteiger partial charge in [-0.05, 0) is 54.3 Å². The average molecular weight is 518 g/mol. The number of fused-ring (bicyclic) bond motifs is 2. The van der Waals surface area contributed by atoms with Gasteiger partial charge >= 0.3 is 0 Å². The Labute approximate surface area is 220 Å². The summed E-state index contributed by atoms with van der Waals surface area (Å²) in [6, 6.07) is 17.9. The second-order valence-electron chi connectivity index (χ2n) is 9.21. The standard InChI is InChI=1S/C30H28ClNO5/c1-4-5-13-36-23-12-11-20(15-25(23)35-3)27-26-28(33)21-16-22(31)18(2)14-24(21)37-29(26)30(34)32(27)17-19-9-7-6-8-10-19/h6-12,14-16,27H,4-5,13,17H2,1-3H3. The maximum atomic E-state index is 13.9. The fourth-order valence-corrected chi connectivity index (χ4v) is 4.89. The molecule has 2 heterocycles. The van der Waals surface area contributed by atoms with Crippen LogP contribution in [0.3, 0.4) is 0 Å². The Kier molecular flexibility index (Phi) is 6.94. The van der Waals surface area contributed by atoms with Crippen LogP contribution in [0.15, 0.2) is 69.9 Å². The van der Waals surface area contributed by atoms with E-state index in [1.54, 1.807) is 24.1 Å². The van der Waals surface area contributed by atoms with Crippen LogP contribution in [-0.2, 0) is 6.54 Å². The summed E-state index contributed by atoms with van der Waals surface area (Å²) in [5, 5.41) is 0.817. The summed E-state index contributed by atoms with van der Waals surface area (Å²) < 4.78 is 17.6. The second kappa shape index (κ2) is 10.3. The third kappa shape index (κ3) is 4.58. The molecule has 0 spiro atoms. The van der Waals surface area contributed by atoms with Crippen molar-refractivity contribution in [3.8, 4) is 11.5 Å². The number of aryl methyl sites for hydroxylation is 1. The summed E-state index contributed by atoms with van der Waals surface area (Å²) in [7, 11) is 1.58. The zero-order valence-corrected chi connectivity index (χ0v) is 21.8. The first-order chi connectivity index (χ1) is 17.9. The molecule has 0 fully saturated rings. The van der Waals surface area contributed by atoms with Gasteiger partial charge in [0.25, 0.3) is 5.91 Å². The fraction of sp³-hybridized carbons (Fsp3) is 0.267. The van der Waals surface area contributed by atoms with Gasteiger partial charge in [-0.1, -0.05) is 61.3 Å². The molecule has 1 atom stereocenters. The van der Waals surface area contributed by atoms with E-state index in [2.05, 4.69) is 6.92 Å². The van der Waals surface area contributed by atoms with Gasteiger partial charge in [-0.15, -0.1) is 0 Å². The Morgan fingerprint density at radius 3 is 2.54 bits per heavy atom. The number of methoxy groups -OCH3 is 1. The molecule has 5 rings (SSSR count). The lowest BCUT2D eigenvalue weighted by Gasteiger charge is -2.26. The first-order valence-corrected chi connectivity index (χ1v) is 12.7. The highest BCUT2D eigenvalue weighted by Crippen LogP contribution is 2.42. The minimum Gasteiger partial charge on any atom is -0.493 e. The summed E-state index contributed by atoms with van der Waals surface area (Å²) >= 11 is 6.35. The molecule has 4 aromatic rings. The normalized spacial score (nSPS) is 14.8. The molecule has 0 N–H and O–H groups in total. The van der Waals surface area contributed by atoms with E-state index in [-0.39, 0.29) is 17.1 Å². The van der Waals surface area contributed by atoms with E-state index in [4.69, 9.17) is 25.5 Å². The topological polar surface area (TPSA) is 69.0 Å². The summed E-state index contributed by atoms with van der Waals surface area (Å²) in [4.78, 5) is 29.3. The van der Waals surface area contributed by atoms with Gasteiger partial charge in [-0.2, -0.15) is 0 Å². The second-order valence-corrected chi connectivity index (χ2v) is 9.61. The molecule has 1 amide bonds. The van der Waals surface area contributed by atoms with Crippen molar-refractivity contribution in [2.45, 2.75) is 39.3 Å². The Morgan fingerprint density at radius 2 is 1.81 bits per heavy atom. The predicted molar refractivity (Wildman–Crippen MR) is 144 cm³/mol. The zero-order valence-electron chi connectivity index (χ0n) is 21.0. The lowest BCUT2D eigenvalue weighted by molar-refractivity contribution is 0.0714. The molecular weight excluding hydrogens is 490 g/mol. The van der Waals surface area contributed by atoms with Crippen molar-refractivity contribution in [2.24, 2.45) is 0 Å². The first-order valence-electron chi connectivity index (χ1n) is 12.4. The minimum absolute atomic E-state index is 0.0578. The number of unbranched alkanes of at least 4 members (excludes halogenated alkanes) is 1. The van der Waals surface area contributed by atoms with Gasteiger partial charge < -0.3 is 18.8 Å². The van der Waals surface area contributed by atoms with Crippen LogP contribution < -0.4 is 14.9 Å². The average Bonchev–Trinajstić information content (AvgIpc) is 3.17. The van der Waals surface area contributed by atoms with E-state index in [1.165, 1.54) is 0 Å². The Bertz CT molecular complexity index is 1530. The van der Waals surface area contributed by atoms with Crippen molar-refractivity contribution in [1.82, 2.24) is 4.90 Å². The van der Waals surface area contributed by atoms with E-state index >= 15 is 0 Å². The molecule has 3 aromatic carbocycles. The maximum Gasteiger partial charge on any atom is 0.291 e. The number of hydrogen-bond acceptors (Lipinski definition) is 5. The molecule has 1 aliphatic rings. The molecule has 0 saturated carbocycles. The molecule has 1 aliphatic heterocycles. The number of nitrogens with zero attached hydrogens (tertiary/aromatic N) is 1. The van der Waals surface area contributed by atoms with Gasteiger partial charge in [0.05, 0.1) is 30.7 Å². The van der Waals surface area contributed by atoms with Crippen molar-refractivity contribution in [1.29, 1.82) is 0 Å². The molecule has 0 saturated heterocycles. The Balaban J connectivity index is 1.67. The van der Waals surface area contributed by atoms with Crippen LogP contribution in [0, 0.1) is 6.92 Å². The highest BCUT2D eigenvalue weighted by molar-refractivity contribution is 6.32. The predicted octanol–water partition coefficient (Wildman–Crippen LogP) is 6.69. The third-order valence-electron chi connectivity index (χ3n) is 6.70. The molecule has 1 unspecified atom stereocenters. The minimum atomic E-state index is -0.665. The van der Waals surface area contributed by atoms with Crippen LogP contribution in [-0.4, -0.2) is 24.5 Å². The van der Waals surface area contributed by atoms with Gasteiger partial charge in [0, 0.05) is 11.6 Å². The molecular formula is C30H28ClNO5. The lowest BCUT2D eigenvalue weighted by Crippen LogP contribution is -2.29. The Morgan fingerprint density at radius 1 is 1.03 bits per heavy atom. The van der Waals surface area contributed by atoms with Crippen molar-refractivity contribution >= 4 is 28.5 Å². The van der Waals surface area contributed by atoms with E-state index in [9.17, 15) is 9.59 Å². The van der Waals surface area contributed by atoms with Crippen molar-refractivity contribution in [2.75, 3.05) is 13.7 Å². The molecule has 6 nitrogen and oxygen atoms in total. The number of ether oxygens (including phenoxy) is 2. The highest BCUT2D eigenvalue weighted by Gasteiger charge is 2.43. The molecule has 1 aromatic heterocycles. The van der Waals surface area contributed by atoms with Crippen LogP contribution >= 0.6 is 11.6 Å². The van der Waals surface area contributed by atoms with Gasteiger partial charge in [0.2, 0.25) is 5.76 Å². The van der Waals surface area contributed by atoms with Crippen LogP contribution in [0.5, 0.6) is 11.5 Å². The largest absolute Gasteiger partial charge is 0.493 e. The third-order valence-corrected chi connectivity index (χ3v) is 7.11. The Hall–Kier alpha value is -3.77. The summed E-state index contributed by atoms with van der Waals surface area (Å²) in [5.74, 6) is 0.879. The molecule has 0 bridgehead atoms. The van der Waals surface area contributed by atoms with Gasteiger partial charge in [0.1, 0.15) is 5.58 Å². The number of hydrogen-bond donors (Lipinski definition) is 0. The molecule has 7 heteroatoms. The molecule has 0 aliphatic carbocycles. The van der Waals surface area contributed by atoms with Gasteiger partial charge in [-0.3, -0.25) is 9.59 Å². The highest BCUT2D eigenvalue weighted by atomic mass is 35.5. The molecule has 37 heavy (non-hydrogen) atoms.